The van der Waals surface area contributed by atoms with Crippen molar-refractivity contribution in [2.45, 2.75) is 53.9 Å². The third kappa shape index (κ3) is 12.5. The van der Waals surface area contributed by atoms with Gasteiger partial charge in [0.25, 0.3) is 0 Å². The number of pyridine rings is 1. The highest BCUT2D eigenvalue weighted by Gasteiger charge is 2.09. The van der Waals surface area contributed by atoms with Gasteiger partial charge in [-0.25, -0.2) is 5.84 Å². The first-order valence-electron chi connectivity index (χ1n) is 6.99. The first-order valence-corrected chi connectivity index (χ1v) is 8.59. The van der Waals surface area contributed by atoms with E-state index in [2.05, 4.69) is 61.1 Å². The maximum Gasteiger partial charge on any atom is 0.129 e. The molecule has 1 heterocycles. The van der Waals surface area contributed by atoms with Gasteiger partial charge in [0.2, 0.25) is 0 Å². The molecule has 0 saturated heterocycles. The highest BCUT2D eigenvalue weighted by Crippen LogP contribution is 2.23. The second-order valence-electron chi connectivity index (χ2n) is 3.97. The first kappa shape index (κ1) is 25.1. The normalized spacial score (nSPS) is 8.86. The number of hydrogen-bond acceptors (Lipinski definition) is 6. The van der Waals surface area contributed by atoms with Gasteiger partial charge in [-0.1, -0.05) is 48.0 Å². The van der Waals surface area contributed by atoms with Crippen LogP contribution in [0.3, 0.4) is 0 Å². The van der Waals surface area contributed by atoms with Crippen LogP contribution in [-0.4, -0.2) is 11.3 Å². The second-order valence-corrected chi connectivity index (χ2v) is 3.97. The van der Waals surface area contributed by atoms with E-state index in [9.17, 15) is 0 Å². The lowest BCUT2D eigenvalue weighted by Crippen LogP contribution is -2.30. The Kier molecular flexibility index (Phi) is 22.8. The van der Waals surface area contributed by atoms with Gasteiger partial charge in [0, 0.05) is 6.20 Å². The molecule has 0 aromatic carbocycles. The van der Waals surface area contributed by atoms with E-state index in [1.54, 1.807) is 12.4 Å². The van der Waals surface area contributed by atoms with Gasteiger partial charge in [0.05, 0.1) is 11.9 Å². The molecule has 0 aliphatic carbocycles. The van der Waals surface area contributed by atoms with Crippen molar-refractivity contribution in [3.8, 4) is 0 Å². The van der Waals surface area contributed by atoms with Crippen LogP contribution >= 0.6 is 23.3 Å². The Hall–Kier alpha value is -0.920. The van der Waals surface area contributed by atoms with Crippen LogP contribution in [0.25, 0.3) is 0 Å². The summed E-state index contributed by atoms with van der Waals surface area (Å²) in [7, 11) is 0. The topological polar surface area (TPSA) is 80.5 Å². The van der Waals surface area contributed by atoms with Crippen molar-refractivity contribution in [3.05, 3.63) is 24.0 Å². The summed E-state index contributed by atoms with van der Waals surface area (Å²) in [6.45, 7) is 12.4. The number of hydrogen-bond donors (Lipinski definition) is 4. The lowest BCUT2D eigenvalue weighted by Gasteiger charge is -2.17. The molecule has 0 fully saturated rings. The molecular weight excluding hydrogens is 302 g/mol. The van der Waals surface area contributed by atoms with Crippen LogP contribution in [-0.2, 0) is 0 Å². The second kappa shape index (κ2) is 19.1. The van der Waals surface area contributed by atoms with E-state index in [4.69, 9.17) is 11.7 Å². The van der Waals surface area contributed by atoms with Crippen molar-refractivity contribution in [3.63, 3.8) is 0 Å². The fourth-order valence-electron chi connectivity index (χ4n) is 1.23. The largest absolute Gasteiger partial charge is 0.322 e. The van der Waals surface area contributed by atoms with Crippen molar-refractivity contribution in [1.29, 1.82) is 0 Å². The fraction of sp³-hybridized carbons (Fsp3) is 0.571. The fourth-order valence-corrected chi connectivity index (χ4v) is 1.23. The summed E-state index contributed by atoms with van der Waals surface area (Å²) in [5, 5.41) is 4.72. The third-order valence-corrected chi connectivity index (χ3v) is 1.92. The lowest BCUT2D eigenvalue weighted by molar-refractivity contribution is 0.856. The Morgan fingerprint density at radius 1 is 1.33 bits per heavy atom. The van der Waals surface area contributed by atoms with Crippen molar-refractivity contribution in [2.24, 2.45) is 16.8 Å². The van der Waals surface area contributed by atoms with Crippen molar-refractivity contribution < 1.29 is 0 Å². The van der Waals surface area contributed by atoms with E-state index in [1.165, 1.54) is 17.8 Å². The molecule has 5 nitrogen and oxygen atoms in total. The minimum Gasteiger partial charge on any atom is -0.322 e. The van der Waals surface area contributed by atoms with Gasteiger partial charge < -0.3 is 5.84 Å². The maximum atomic E-state index is 5.71. The predicted octanol–water partition coefficient (Wildman–Crippen LogP) is 3.99. The summed E-state index contributed by atoms with van der Waals surface area (Å²) < 4.78 is 0. The smallest absolute Gasteiger partial charge is 0.129 e. The average Bonchev–Trinajstić information content (AvgIpc) is 2.52. The molecule has 0 amide bonds. The van der Waals surface area contributed by atoms with E-state index in [0.717, 1.165) is 11.3 Å². The zero-order valence-corrected chi connectivity index (χ0v) is 15.8. The monoisotopic (exact) mass is 333 g/mol. The van der Waals surface area contributed by atoms with Gasteiger partial charge in [-0.15, -0.1) is 23.3 Å². The molecule has 0 aliphatic heterocycles. The standard InChI is InChI=1S/C9H15N5.C3H8.C2H6.H2S2/c1-7(2)8-3-4-12-5-9(8)14(11)6-13-10;1-3-2;2*1-2/h3-7H,10-11H2,1-2H3;3H2,1-2H3;1-2H3;1-2H/b13-6-;;;. The van der Waals surface area contributed by atoms with Crippen LogP contribution in [0.4, 0.5) is 5.69 Å². The number of nitrogens with two attached hydrogens (primary N) is 2. The van der Waals surface area contributed by atoms with Gasteiger partial charge in [-0.05, 0) is 17.5 Å². The minimum absolute atomic E-state index is 0.380. The van der Waals surface area contributed by atoms with E-state index >= 15 is 0 Å². The van der Waals surface area contributed by atoms with Crippen LogP contribution in [0.15, 0.2) is 23.6 Å². The molecule has 0 bridgehead atoms. The molecular formula is C14H31N5S2. The average molecular weight is 334 g/mol. The van der Waals surface area contributed by atoms with E-state index in [1.807, 2.05) is 19.9 Å². The molecule has 0 saturated carbocycles. The van der Waals surface area contributed by atoms with E-state index < -0.39 is 0 Å². The summed E-state index contributed by atoms with van der Waals surface area (Å²) in [4.78, 5) is 4.01. The van der Waals surface area contributed by atoms with Gasteiger partial charge in [-0.2, -0.15) is 5.10 Å². The number of anilines is 1. The molecule has 0 radical (unpaired) electrons. The Labute approximate surface area is 140 Å². The molecule has 21 heavy (non-hydrogen) atoms. The minimum atomic E-state index is 0.380. The lowest BCUT2D eigenvalue weighted by atomic mass is 10.0. The third-order valence-electron chi connectivity index (χ3n) is 1.92. The summed E-state index contributed by atoms with van der Waals surface area (Å²) in [6, 6.07) is 1.93. The van der Waals surface area contributed by atoms with Crippen LogP contribution in [0.2, 0.25) is 0 Å². The van der Waals surface area contributed by atoms with Crippen LogP contribution in [0.5, 0.6) is 0 Å². The molecule has 1 aromatic rings. The first-order chi connectivity index (χ1) is 10.1. The van der Waals surface area contributed by atoms with Gasteiger partial charge in [-0.3, -0.25) is 9.99 Å². The van der Waals surface area contributed by atoms with Gasteiger partial charge in [0.1, 0.15) is 6.34 Å². The van der Waals surface area contributed by atoms with Crippen molar-refractivity contribution in [1.82, 2.24) is 4.98 Å². The van der Waals surface area contributed by atoms with Crippen molar-refractivity contribution in [2.75, 3.05) is 5.01 Å². The number of hydrazone groups is 1. The van der Waals surface area contributed by atoms with Gasteiger partial charge in [0.15, 0.2) is 0 Å². The predicted molar refractivity (Wildman–Crippen MR) is 103 cm³/mol. The summed E-state index contributed by atoms with van der Waals surface area (Å²) in [5.41, 5.74) is 1.93. The van der Waals surface area contributed by atoms with Crippen LogP contribution in [0.1, 0.15) is 59.4 Å². The molecule has 1 aromatic heterocycles. The number of aromatic nitrogens is 1. The highest BCUT2D eigenvalue weighted by atomic mass is 33.1. The Balaban J connectivity index is -0.000000399. The van der Waals surface area contributed by atoms with E-state index in [-0.39, 0.29) is 0 Å². The summed E-state index contributed by atoms with van der Waals surface area (Å²) in [5.74, 6) is 11.1. The molecule has 0 unspecified atom stereocenters. The highest BCUT2D eigenvalue weighted by molar-refractivity contribution is 8.59. The number of hydrazine groups is 1. The number of thiol groups is 2. The summed E-state index contributed by atoms with van der Waals surface area (Å²) >= 11 is 6.44. The van der Waals surface area contributed by atoms with Gasteiger partial charge >= 0.3 is 0 Å². The molecule has 0 spiro atoms. The maximum absolute atomic E-state index is 5.71. The van der Waals surface area contributed by atoms with Crippen LogP contribution < -0.4 is 16.7 Å². The van der Waals surface area contributed by atoms with E-state index in [0.29, 0.717) is 5.92 Å². The molecule has 1 rings (SSSR count). The number of nitrogens with zero attached hydrogens (tertiary/aromatic N) is 3. The molecule has 7 heteroatoms. The Morgan fingerprint density at radius 2 is 1.81 bits per heavy atom. The SMILES string of the molecule is CC.CC(C)c1ccncc1N(N)/C=N\N.CCC.SS. The number of rotatable bonds is 3. The molecule has 4 N–H and O–H groups in total. The summed E-state index contributed by atoms with van der Waals surface area (Å²) in [6.07, 6.45) is 6.03. The Bertz CT molecular complexity index is 346. The van der Waals surface area contributed by atoms with Crippen LogP contribution in [0, 0.1) is 0 Å². The zero-order valence-electron chi connectivity index (χ0n) is 14.0. The molecule has 0 atom stereocenters. The Morgan fingerprint density at radius 3 is 2.19 bits per heavy atom. The zero-order chi connectivity index (χ0) is 17.3. The molecule has 124 valence electrons. The molecule has 0 aliphatic rings. The van der Waals surface area contributed by atoms with Crippen molar-refractivity contribution >= 4 is 35.3 Å². The quantitative estimate of drug-likeness (QED) is 0.168.